The third-order valence-corrected chi connectivity index (χ3v) is 10.1. The van der Waals surface area contributed by atoms with E-state index in [1.807, 2.05) is 0 Å². The van der Waals surface area contributed by atoms with Crippen LogP contribution in [0.4, 0.5) is 22.7 Å². The van der Waals surface area contributed by atoms with Crippen molar-refractivity contribution in [3.05, 3.63) is 182 Å². The van der Waals surface area contributed by atoms with E-state index >= 15 is 0 Å². The van der Waals surface area contributed by atoms with Gasteiger partial charge < -0.3 is 9.80 Å². The summed E-state index contributed by atoms with van der Waals surface area (Å²) in [5, 5.41) is 4.99. The number of rotatable bonds is 9. The molecule has 0 saturated carbocycles. The summed E-state index contributed by atoms with van der Waals surface area (Å²) >= 11 is 0. The molecule has 0 bridgehead atoms. The number of benzene rings is 8. The average Bonchev–Trinajstić information content (AvgIpc) is 3.19. The van der Waals surface area contributed by atoms with E-state index in [0.717, 1.165) is 0 Å². The van der Waals surface area contributed by atoms with Gasteiger partial charge in [-0.05, 0) is 103 Å². The zero-order valence-electron chi connectivity index (χ0n) is 30.4. The van der Waals surface area contributed by atoms with Gasteiger partial charge in [-0.3, -0.25) is 0 Å². The lowest BCUT2D eigenvalue weighted by Crippen LogP contribution is -2.26. The van der Waals surface area contributed by atoms with Gasteiger partial charge in [0.05, 0.1) is 5.69 Å². The maximum Gasteiger partial charge on any atom is 0.0572 e. The zero-order valence-corrected chi connectivity index (χ0v) is 30.4. The van der Waals surface area contributed by atoms with E-state index in [1.165, 1.54) is 77.7 Å². The first-order chi connectivity index (χ1) is 25.5. The molecule has 0 aliphatic heterocycles. The largest absolute Gasteiger partial charge is 0.338 e. The number of fused-ring (bicyclic) bond motifs is 2. The van der Waals surface area contributed by atoms with Crippen molar-refractivity contribution in [3.8, 4) is 33.4 Å². The zero-order chi connectivity index (χ0) is 35.6. The van der Waals surface area contributed by atoms with Crippen molar-refractivity contribution in [3.63, 3.8) is 0 Å². The summed E-state index contributed by atoms with van der Waals surface area (Å²) in [5.74, 6) is 0. The molecule has 0 fully saturated rings. The third-order valence-electron chi connectivity index (χ3n) is 10.1. The Morgan fingerprint density at radius 3 is 1.46 bits per heavy atom. The summed E-state index contributed by atoms with van der Waals surface area (Å²) in [6.45, 7) is 9.09. The van der Waals surface area contributed by atoms with Gasteiger partial charge >= 0.3 is 0 Å². The highest BCUT2D eigenvalue weighted by molar-refractivity contribution is 6.04. The van der Waals surface area contributed by atoms with Gasteiger partial charge in [0, 0.05) is 45.7 Å². The molecule has 0 aliphatic rings. The van der Waals surface area contributed by atoms with Crippen molar-refractivity contribution >= 4 is 44.3 Å². The molecule has 0 amide bonds. The first-order valence-corrected chi connectivity index (χ1v) is 18.4. The SMILES string of the molecule is CC(C)N(c1ccccc1)c1cc2ccccc2cc1-c1ccc(-c2ccc(N(c3c(-c4ccccc4)ccc4ccccc34)C(C)C)cc2)cc1. The molecule has 8 aromatic rings. The number of nitrogens with zero attached hydrogens (tertiary/aromatic N) is 2. The predicted molar refractivity (Wildman–Crippen MR) is 225 cm³/mol. The van der Waals surface area contributed by atoms with Crippen LogP contribution in [0.15, 0.2) is 182 Å². The van der Waals surface area contributed by atoms with E-state index in [1.54, 1.807) is 0 Å². The van der Waals surface area contributed by atoms with Crippen LogP contribution >= 0.6 is 0 Å². The van der Waals surface area contributed by atoms with E-state index in [0.29, 0.717) is 0 Å². The van der Waals surface area contributed by atoms with Crippen LogP contribution in [0.1, 0.15) is 27.7 Å². The molecule has 2 heteroatoms. The smallest absolute Gasteiger partial charge is 0.0572 e. The molecule has 0 aromatic heterocycles. The van der Waals surface area contributed by atoms with Crippen LogP contribution in [0.2, 0.25) is 0 Å². The molecule has 52 heavy (non-hydrogen) atoms. The summed E-state index contributed by atoms with van der Waals surface area (Å²) in [5.41, 5.74) is 12.1. The van der Waals surface area contributed by atoms with Gasteiger partial charge in [0.1, 0.15) is 0 Å². The molecule has 8 rings (SSSR count). The number of para-hydroxylation sites is 1. The minimum atomic E-state index is 0.246. The highest BCUT2D eigenvalue weighted by Gasteiger charge is 2.22. The van der Waals surface area contributed by atoms with Crippen molar-refractivity contribution in [2.75, 3.05) is 9.80 Å². The Kier molecular flexibility index (Phi) is 9.05. The normalized spacial score (nSPS) is 11.4. The van der Waals surface area contributed by atoms with E-state index < -0.39 is 0 Å². The maximum atomic E-state index is 2.49. The van der Waals surface area contributed by atoms with Crippen molar-refractivity contribution in [2.45, 2.75) is 39.8 Å². The Morgan fingerprint density at radius 2 is 0.827 bits per heavy atom. The highest BCUT2D eigenvalue weighted by Crippen LogP contribution is 2.43. The fourth-order valence-electron chi connectivity index (χ4n) is 7.67. The standard InChI is InChI=1S/C50H44N2/c1-35(2)51(44-20-9-6-10-21-44)49-34-43-19-12-11-18-42(43)33-48(49)41-25-23-37(24-26-41)38-27-30-45(31-28-38)52(36(3)4)50-46-22-14-13-17-40(46)29-32-47(50)39-15-7-5-8-16-39/h5-36H,1-4H3. The second kappa shape index (κ2) is 14.2. The van der Waals surface area contributed by atoms with Crippen LogP contribution in [-0.4, -0.2) is 12.1 Å². The molecule has 0 spiro atoms. The van der Waals surface area contributed by atoms with Gasteiger partial charge in [-0.1, -0.05) is 146 Å². The van der Waals surface area contributed by atoms with Gasteiger partial charge in [-0.2, -0.15) is 0 Å². The molecule has 0 N–H and O–H groups in total. The lowest BCUT2D eigenvalue weighted by Gasteiger charge is -2.32. The van der Waals surface area contributed by atoms with Gasteiger partial charge in [-0.15, -0.1) is 0 Å². The van der Waals surface area contributed by atoms with E-state index in [-0.39, 0.29) is 12.1 Å². The number of anilines is 4. The molecule has 2 nitrogen and oxygen atoms in total. The third kappa shape index (κ3) is 6.33. The van der Waals surface area contributed by atoms with Crippen LogP contribution < -0.4 is 9.80 Å². The Hall–Kier alpha value is -6.12. The lowest BCUT2D eigenvalue weighted by molar-refractivity contribution is 0.790. The van der Waals surface area contributed by atoms with Crippen molar-refractivity contribution in [1.29, 1.82) is 0 Å². The van der Waals surface area contributed by atoms with Gasteiger partial charge in [-0.25, -0.2) is 0 Å². The first kappa shape index (κ1) is 33.0. The van der Waals surface area contributed by atoms with E-state index in [2.05, 4.69) is 219 Å². The van der Waals surface area contributed by atoms with Crippen molar-refractivity contribution in [2.24, 2.45) is 0 Å². The predicted octanol–water partition coefficient (Wildman–Crippen LogP) is 14.1. The van der Waals surface area contributed by atoms with Crippen LogP contribution in [0.5, 0.6) is 0 Å². The molecular weight excluding hydrogens is 629 g/mol. The molecule has 8 aromatic carbocycles. The fraction of sp³-hybridized carbons (Fsp3) is 0.120. The van der Waals surface area contributed by atoms with Gasteiger partial charge in [0.2, 0.25) is 0 Å². The van der Waals surface area contributed by atoms with Crippen LogP contribution in [0.3, 0.4) is 0 Å². The second-order valence-electron chi connectivity index (χ2n) is 14.2. The fourth-order valence-corrected chi connectivity index (χ4v) is 7.67. The molecule has 0 aliphatic carbocycles. The minimum absolute atomic E-state index is 0.246. The van der Waals surface area contributed by atoms with Crippen LogP contribution in [0, 0.1) is 0 Å². The summed E-state index contributed by atoms with van der Waals surface area (Å²) in [4.78, 5) is 4.94. The Morgan fingerprint density at radius 1 is 0.346 bits per heavy atom. The Balaban J connectivity index is 1.17. The summed E-state index contributed by atoms with van der Waals surface area (Å²) < 4.78 is 0. The molecule has 0 unspecified atom stereocenters. The average molecular weight is 673 g/mol. The highest BCUT2D eigenvalue weighted by atomic mass is 15.2. The molecule has 0 atom stereocenters. The first-order valence-electron chi connectivity index (χ1n) is 18.4. The Labute approximate surface area is 308 Å². The quantitative estimate of drug-likeness (QED) is 0.151. The summed E-state index contributed by atoms with van der Waals surface area (Å²) in [7, 11) is 0. The maximum absolute atomic E-state index is 2.49. The molecule has 254 valence electrons. The van der Waals surface area contributed by atoms with Gasteiger partial charge in [0.15, 0.2) is 0 Å². The van der Waals surface area contributed by atoms with E-state index in [9.17, 15) is 0 Å². The Bertz CT molecular complexity index is 2450. The molecule has 0 saturated heterocycles. The monoisotopic (exact) mass is 672 g/mol. The van der Waals surface area contributed by atoms with Crippen LogP contribution in [-0.2, 0) is 0 Å². The molecule has 0 heterocycles. The minimum Gasteiger partial charge on any atom is -0.338 e. The van der Waals surface area contributed by atoms with E-state index in [4.69, 9.17) is 0 Å². The molecule has 0 radical (unpaired) electrons. The lowest BCUT2D eigenvalue weighted by atomic mass is 9.95. The van der Waals surface area contributed by atoms with Crippen molar-refractivity contribution in [1.82, 2.24) is 0 Å². The number of hydrogen-bond acceptors (Lipinski definition) is 2. The topological polar surface area (TPSA) is 6.48 Å². The van der Waals surface area contributed by atoms with Crippen molar-refractivity contribution < 1.29 is 0 Å². The number of hydrogen-bond donors (Lipinski definition) is 0. The van der Waals surface area contributed by atoms with Crippen LogP contribution in [0.25, 0.3) is 54.9 Å². The molecular formula is C50H44N2. The second-order valence-corrected chi connectivity index (χ2v) is 14.2. The summed E-state index contributed by atoms with van der Waals surface area (Å²) in [6, 6.07) is 66.8. The summed E-state index contributed by atoms with van der Waals surface area (Å²) in [6.07, 6.45) is 0. The van der Waals surface area contributed by atoms with Gasteiger partial charge in [0.25, 0.3) is 0 Å².